The lowest BCUT2D eigenvalue weighted by Crippen LogP contribution is -2.30. The van der Waals surface area contributed by atoms with Gasteiger partial charge in [-0.3, -0.25) is 14.2 Å². The first kappa shape index (κ1) is 22.6. The lowest BCUT2D eigenvalue weighted by Gasteiger charge is -2.28. The van der Waals surface area contributed by atoms with Crippen molar-refractivity contribution in [2.75, 3.05) is 23.3 Å². The summed E-state index contributed by atoms with van der Waals surface area (Å²) in [6.45, 7) is 6.04. The normalized spacial score (nSPS) is 16.4. The molecule has 0 bridgehead atoms. The number of hydrogen-bond acceptors (Lipinski definition) is 7. The number of aromatic nitrogens is 2. The molecule has 4 heterocycles. The summed E-state index contributed by atoms with van der Waals surface area (Å²) in [5, 5.41) is 3.28. The number of ether oxygens (including phenoxy) is 1. The molecule has 3 aromatic rings. The number of hydrogen-bond donors (Lipinski definition) is 1. The number of aryl methyl sites for hydroxylation is 2. The minimum Gasteiger partial charge on any atom is -0.448 e. The zero-order chi connectivity index (χ0) is 23.8. The Morgan fingerprint density at radius 3 is 2.56 bits per heavy atom. The molecule has 2 aromatic heterocycles. The summed E-state index contributed by atoms with van der Waals surface area (Å²) in [5.74, 6) is -0.263. The zero-order valence-corrected chi connectivity index (χ0v) is 20.2. The molecule has 0 aliphatic carbocycles. The maximum absolute atomic E-state index is 12.9. The summed E-state index contributed by atoms with van der Waals surface area (Å²) in [6, 6.07) is 7.73. The van der Waals surface area contributed by atoms with Crippen molar-refractivity contribution in [2.24, 2.45) is 0 Å². The molecule has 1 amide bonds. The first-order valence-electron chi connectivity index (χ1n) is 11.8. The third-order valence-electron chi connectivity index (χ3n) is 6.61. The van der Waals surface area contributed by atoms with E-state index < -0.39 is 18.0 Å². The quantitative estimate of drug-likeness (QED) is 0.557. The van der Waals surface area contributed by atoms with E-state index in [1.54, 1.807) is 18.4 Å². The van der Waals surface area contributed by atoms with E-state index >= 15 is 0 Å². The van der Waals surface area contributed by atoms with E-state index in [2.05, 4.69) is 15.2 Å². The van der Waals surface area contributed by atoms with E-state index in [1.165, 1.54) is 19.3 Å². The summed E-state index contributed by atoms with van der Waals surface area (Å²) >= 11 is 1.15. The molecule has 0 saturated carbocycles. The van der Waals surface area contributed by atoms with Gasteiger partial charge in [-0.2, -0.15) is 0 Å². The smallest absolute Gasteiger partial charge is 0.349 e. The second-order valence-electron chi connectivity index (χ2n) is 8.96. The fourth-order valence-corrected chi connectivity index (χ4v) is 5.76. The number of piperidine rings is 1. The van der Waals surface area contributed by atoms with Crippen molar-refractivity contribution in [1.82, 2.24) is 9.55 Å². The van der Waals surface area contributed by atoms with Crippen molar-refractivity contribution in [3.63, 3.8) is 0 Å². The van der Waals surface area contributed by atoms with Crippen LogP contribution in [-0.4, -0.2) is 40.6 Å². The van der Waals surface area contributed by atoms with E-state index in [0.29, 0.717) is 32.9 Å². The molecule has 8 nitrogen and oxygen atoms in total. The second kappa shape index (κ2) is 9.21. The van der Waals surface area contributed by atoms with Crippen molar-refractivity contribution in [3.8, 4) is 0 Å². The molecule has 2 aliphatic heterocycles. The molecule has 1 saturated heterocycles. The summed E-state index contributed by atoms with van der Waals surface area (Å²) in [4.78, 5) is 46.1. The molecule has 178 valence electrons. The number of thiophene rings is 1. The number of amides is 1. The van der Waals surface area contributed by atoms with Gasteiger partial charge in [0.2, 0.25) is 0 Å². The van der Waals surface area contributed by atoms with Gasteiger partial charge in [-0.15, -0.1) is 11.3 Å². The molecule has 1 aromatic carbocycles. The van der Waals surface area contributed by atoms with Gasteiger partial charge in [0.05, 0.1) is 5.39 Å². The summed E-state index contributed by atoms with van der Waals surface area (Å²) in [7, 11) is 0. The number of benzene rings is 1. The minimum absolute atomic E-state index is 0.107. The molecule has 5 rings (SSSR count). The van der Waals surface area contributed by atoms with Gasteiger partial charge in [-0.25, -0.2) is 9.78 Å². The van der Waals surface area contributed by atoms with Crippen LogP contribution < -0.4 is 15.8 Å². The minimum atomic E-state index is -0.988. The highest BCUT2D eigenvalue weighted by Crippen LogP contribution is 2.29. The van der Waals surface area contributed by atoms with Gasteiger partial charge in [0, 0.05) is 37.4 Å². The van der Waals surface area contributed by atoms with Crippen LogP contribution in [0.15, 0.2) is 29.1 Å². The number of nitrogens with zero attached hydrogens (tertiary/aromatic N) is 3. The molecule has 1 N–H and O–H groups in total. The first-order valence-corrected chi connectivity index (χ1v) is 12.6. The zero-order valence-electron chi connectivity index (χ0n) is 19.4. The lowest BCUT2D eigenvalue weighted by atomic mass is 10.1. The van der Waals surface area contributed by atoms with Gasteiger partial charge < -0.3 is 15.0 Å². The van der Waals surface area contributed by atoms with Crippen LogP contribution in [0.5, 0.6) is 0 Å². The van der Waals surface area contributed by atoms with Gasteiger partial charge in [0.15, 0.2) is 6.10 Å². The third kappa shape index (κ3) is 4.20. The standard InChI is InChI=1S/C25H28N4O4S/c1-15-20-23(27-19-7-6-14-29(19)24(20)31)34-21(15)25(32)33-16(2)22(30)26-17-8-10-18(11-9-17)28-12-4-3-5-13-28/h8-11,16H,3-7,12-14H2,1-2H3,(H,26,30). The Hall–Kier alpha value is -3.20. The number of carbonyl (C=O) groups excluding carboxylic acids is 2. The summed E-state index contributed by atoms with van der Waals surface area (Å²) in [6.07, 6.45) is 4.36. The number of carbonyl (C=O) groups is 2. The summed E-state index contributed by atoms with van der Waals surface area (Å²) < 4.78 is 7.14. The molecule has 1 unspecified atom stereocenters. The van der Waals surface area contributed by atoms with Crippen molar-refractivity contribution < 1.29 is 14.3 Å². The van der Waals surface area contributed by atoms with Crippen molar-refractivity contribution in [1.29, 1.82) is 0 Å². The molecule has 2 aliphatic rings. The predicted molar refractivity (Wildman–Crippen MR) is 133 cm³/mol. The van der Waals surface area contributed by atoms with Gasteiger partial charge >= 0.3 is 5.97 Å². The highest BCUT2D eigenvalue weighted by atomic mass is 32.1. The van der Waals surface area contributed by atoms with Crippen LogP contribution in [0, 0.1) is 6.92 Å². The largest absolute Gasteiger partial charge is 0.448 e. The molecular formula is C25H28N4O4S. The number of rotatable bonds is 5. The monoisotopic (exact) mass is 480 g/mol. The maximum Gasteiger partial charge on any atom is 0.349 e. The first-order chi connectivity index (χ1) is 16.4. The molecule has 1 fully saturated rings. The van der Waals surface area contributed by atoms with Crippen LogP contribution in [0.2, 0.25) is 0 Å². The molecule has 34 heavy (non-hydrogen) atoms. The topological polar surface area (TPSA) is 93.5 Å². The average Bonchev–Trinajstić information content (AvgIpc) is 3.45. The highest BCUT2D eigenvalue weighted by molar-refractivity contribution is 7.20. The van der Waals surface area contributed by atoms with E-state index in [9.17, 15) is 14.4 Å². The fourth-order valence-electron chi connectivity index (χ4n) is 4.69. The fraction of sp³-hybridized carbons (Fsp3) is 0.440. The molecular weight excluding hydrogens is 452 g/mol. The highest BCUT2D eigenvalue weighted by Gasteiger charge is 2.26. The van der Waals surface area contributed by atoms with Gasteiger partial charge in [0.25, 0.3) is 11.5 Å². The molecule has 0 spiro atoms. The van der Waals surface area contributed by atoms with E-state index in [-0.39, 0.29) is 5.56 Å². The van der Waals surface area contributed by atoms with E-state index in [1.807, 2.05) is 24.3 Å². The Morgan fingerprint density at radius 1 is 1.09 bits per heavy atom. The van der Waals surface area contributed by atoms with Gasteiger partial charge in [-0.1, -0.05) is 0 Å². The van der Waals surface area contributed by atoms with E-state index in [4.69, 9.17) is 4.74 Å². The number of fused-ring (bicyclic) bond motifs is 2. The Kier molecular flexibility index (Phi) is 6.12. The lowest BCUT2D eigenvalue weighted by molar-refractivity contribution is -0.123. The Bertz CT molecular complexity index is 1310. The molecule has 9 heteroatoms. The SMILES string of the molecule is Cc1c(C(=O)OC(C)C(=O)Nc2ccc(N3CCCCC3)cc2)sc2nc3n(c(=O)c12)CCC3. The van der Waals surface area contributed by atoms with Crippen LogP contribution in [0.4, 0.5) is 11.4 Å². The molecule has 0 radical (unpaired) electrons. The van der Waals surface area contributed by atoms with Gasteiger partial charge in [-0.05, 0) is 69.4 Å². The number of esters is 1. The Balaban J connectivity index is 1.25. The van der Waals surface area contributed by atoms with Crippen LogP contribution in [0.1, 0.15) is 53.7 Å². The van der Waals surface area contributed by atoms with Crippen LogP contribution in [-0.2, 0) is 22.5 Å². The van der Waals surface area contributed by atoms with Crippen molar-refractivity contribution in [3.05, 3.63) is 50.9 Å². The van der Waals surface area contributed by atoms with Gasteiger partial charge in [0.1, 0.15) is 15.5 Å². The Morgan fingerprint density at radius 2 is 1.82 bits per heavy atom. The average molecular weight is 481 g/mol. The van der Waals surface area contributed by atoms with E-state index in [0.717, 1.165) is 48.8 Å². The van der Waals surface area contributed by atoms with Crippen LogP contribution in [0.3, 0.4) is 0 Å². The second-order valence-corrected chi connectivity index (χ2v) is 9.96. The summed E-state index contributed by atoms with van der Waals surface area (Å²) in [5.41, 5.74) is 2.25. The third-order valence-corrected chi connectivity index (χ3v) is 7.77. The molecule has 1 atom stereocenters. The maximum atomic E-state index is 12.9. The predicted octanol–water partition coefficient (Wildman–Crippen LogP) is 3.89. The number of anilines is 2. The Labute approximate surface area is 201 Å². The van der Waals surface area contributed by atoms with Crippen molar-refractivity contribution in [2.45, 2.75) is 58.6 Å². The number of nitrogens with one attached hydrogen (secondary N) is 1. The van der Waals surface area contributed by atoms with Crippen LogP contribution in [0.25, 0.3) is 10.2 Å². The van der Waals surface area contributed by atoms with Crippen molar-refractivity contribution >= 4 is 44.8 Å². The van der Waals surface area contributed by atoms with Crippen LogP contribution >= 0.6 is 11.3 Å².